The summed E-state index contributed by atoms with van der Waals surface area (Å²) in [6.45, 7) is 19.7. The molecule has 0 atom stereocenters. The van der Waals surface area contributed by atoms with E-state index in [4.69, 9.17) is 13.6 Å². The highest BCUT2D eigenvalue weighted by atomic mass is 31.2. The second kappa shape index (κ2) is 23.7. The van der Waals surface area contributed by atoms with Gasteiger partial charge < -0.3 is 13.6 Å². The molecule has 0 N–H and O–H groups in total. The molecule has 0 unspecified atom stereocenters. The molecule has 0 heterocycles. The minimum absolute atomic E-state index is 0.0344. The average molecular weight is 607 g/mol. The first-order chi connectivity index (χ1) is 20.1. The molecule has 0 aliphatic carbocycles. The Bertz CT molecular complexity index is 739. The van der Waals surface area contributed by atoms with E-state index < -0.39 is 8.60 Å². The highest BCUT2D eigenvalue weighted by Gasteiger charge is 2.30. The van der Waals surface area contributed by atoms with Crippen molar-refractivity contribution in [1.82, 2.24) is 0 Å². The zero-order valence-corrected chi connectivity index (χ0v) is 30.4. The minimum atomic E-state index is -1.42. The predicted octanol–water partition coefficient (Wildman–Crippen LogP) is 13.8. The summed E-state index contributed by atoms with van der Waals surface area (Å²) in [5, 5.41) is 0. The lowest BCUT2D eigenvalue weighted by Crippen LogP contribution is -2.22. The maximum atomic E-state index is 6.61. The highest BCUT2D eigenvalue weighted by molar-refractivity contribution is 7.42. The van der Waals surface area contributed by atoms with E-state index in [1.165, 1.54) is 127 Å². The summed E-state index contributed by atoms with van der Waals surface area (Å²) in [5.41, 5.74) is 2.62. The third-order valence-electron chi connectivity index (χ3n) is 8.15. The molecule has 3 nitrogen and oxygen atoms in total. The number of hydrogen-bond donors (Lipinski definition) is 0. The summed E-state index contributed by atoms with van der Waals surface area (Å²) >= 11 is 0. The van der Waals surface area contributed by atoms with Gasteiger partial charge >= 0.3 is 8.60 Å². The molecule has 42 heavy (non-hydrogen) atoms. The molecule has 0 saturated carbocycles. The van der Waals surface area contributed by atoms with Crippen LogP contribution in [0.1, 0.15) is 195 Å². The van der Waals surface area contributed by atoms with Gasteiger partial charge in [0.1, 0.15) is 5.75 Å². The Labute approximate surface area is 264 Å². The highest BCUT2D eigenvalue weighted by Crippen LogP contribution is 2.47. The van der Waals surface area contributed by atoms with Gasteiger partial charge in [-0.2, -0.15) is 0 Å². The molecule has 0 amide bonds. The first kappa shape index (κ1) is 39.4. The smallest absolute Gasteiger partial charge is 0.397 e. The third-order valence-corrected chi connectivity index (χ3v) is 9.28. The number of hydrogen-bond acceptors (Lipinski definition) is 3. The summed E-state index contributed by atoms with van der Waals surface area (Å²) in [4.78, 5) is 0. The van der Waals surface area contributed by atoms with Crippen LogP contribution in [0, 0.1) is 0 Å². The fourth-order valence-corrected chi connectivity index (χ4v) is 6.68. The number of rotatable bonds is 26. The molecular weight excluding hydrogens is 535 g/mol. The van der Waals surface area contributed by atoms with Crippen LogP contribution in [0.4, 0.5) is 0 Å². The Kier molecular flexibility index (Phi) is 22.2. The first-order valence-corrected chi connectivity index (χ1v) is 19.1. The van der Waals surface area contributed by atoms with Gasteiger partial charge in [-0.15, -0.1) is 0 Å². The van der Waals surface area contributed by atoms with Crippen molar-refractivity contribution >= 4 is 8.60 Å². The summed E-state index contributed by atoms with van der Waals surface area (Å²) in [7, 11) is -1.42. The van der Waals surface area contributed by atoms with Crippen molar-refractivity contribution in [2.75, 3.05) is 13.2 Å². The van der Waals surface area contributed by atoms with Crippen molar-refractivity contribution < 1.29 is 13.6 Å². The molecule has 0 fully saturated rings. The Hall–Kier alpha value is -0.630. The van der Waals surface area contributed by atoms with Crippen LogP contribution >= 0.6 is 8.60 Å². The van der Waals surface area contributed by atoms with E-state index in [9.17, 15) is 0 Å². The van der Waals surface area contributed by atoms with Crippen LogP contribution in [-0.2, 0) is 19.9 Å². The van der Waals surface area contributed by atoms with E-state index in [2.05, 4.69) is 73.6 Å². The van der Waals surface area contributed by atoms with Crippen LogP contribution in [0.15, 0.2) is 18.2 Å². The van der Waals surface area contributed by atoms with E-state index in [-0.39, 0.29) is 10.8 Å². The van der Waals surface area contributed by atoms with Gasteiger partial charge in [0.15, 0.2) is 0 Å². The van der Waals surface area contributed by atoms with E-state index in [1.807, 2.05) is 0 Å². The first-order valence-electron chi connectivity index (χ1n) is 18.0. The van der Waals surface area contributed by atoms with Crippen LogP contribution in [0.2, 0.25) is 0 Å². The number of unbranched alkanes of at least 4 members (excludes halogenated alkanes) is 18. The molecule has 1 aromatic rings. The van der Waals surface area contributed by atoms with Crippen molar-refractivity contribution in [3.8, 4) is 5.75 Å². The summed E-state index contributed by atoms with van der Waals surface area (Å²) in [6, 6.07) is 6.49. The van der Waals surface area contributed by atoms with E-state index >= 15 is 0 Å². The van der Waals surface area contributed by atoms with Gasteiger partial charge in [-0.1, -0.05) is 183 Å². The second-order valence-electron chi connectivity index (χ2n) is 14.5. The Morgan fingerprint density at radius 3 is 1.24 bits per heavy atom. The lowest BCUT2D eigenvalue weighted by molar-refractivity contribution is 0.197. The lowest BCUT2D eigenvalue weighted by Gasteiger charge is -2.32. The zero-order chi connectivity index (χ0) is 31.1. The minimum Gasteiger partial charge on any atom is -0.426 e. The summed E-state index contributed by atoms with van der Waals surface area (Å²) in [6.07, 6.45) is 26.5. The summed E-state index contributed by atoms with van der Waals surface area (Å²) < 4.78 is 19.3. The van der Waals surface area contributed by atoms with Crippen LogP contribution in [0.5, 0.6) is 5.75 Å². The molecule has 246 valence electrons. The van der Waals surface area contributed by atoms with Crippen molar-refractivity contribution in [3.63, 3.8) is 0 Å². The van der Waals surface area contributed by atoms with Crippen molar-refractivity contribution in [1.29, 1.82) is 0 Å². The molecule has 1 aromatic carbocycles. The van der Waals surface area contributed by atoms with Gasteiger partial charge in [0.25, 0.3) is 0 Å². The Balaban J connectivity index is 2.60. The van der Waals surface area contributed by atoms with Gasteiger partial charge in [0.05, 0.1) is 13.2 Å². The third kappa shape index (κ3) is 18.9. The SMILES string of the molecule is CCCCCCCCCCCCOP(OCCCCCCCCCCCC)Oc1cccc(C(C)(C)C)c1C(C)(C)C. The normalized spacial score (nSPS) is 12.4. The molecule has 0 aromatic heterocycles. The maximum absolute atomic E-state index is 6.61. The molecule has 1 rings (SSSR count). The van der Waals surface area contributed by atoms with Crippen LogP contribution in [0.3, 0.4) is 0 Å². The molecule has 0 aliphatic rings. The van der Waals surface area contributed by atoms with E-state index in [0.29, 0.717) is 13.2 Å². The van der Waals surface area contributed by atoms with Gasteiger partial charge in [0, 0.05) is 5.56 Å². The molecular formula is C38H71O3P. The van der Waals surface area contributed by atoms with E-state index in [1.54, 1.807) is 0 Å². The molecule has 0 spiro atoms. The molecule has 0 saturated heterocycles. The van der Waals surface area contributed by atoms with Crippen molar-refractivity contribution in [3.05, 3.63) is 29.3 Å². The second-order valence-corrected chi connectivity index (χ2v) is 15.7. The van der Waals surface area contributed by atoms with Crippen molar-refractivity contribution in [2.24, 2.45) is 0 Å². The van der Waals surface area contributed by atoms with Gasteiger partial charge in [-0.05, 0) is 35.3 Å². The molecule has 0 bridgehead atoms. The van der Waals surface area contributed by atoms with Gasteiger partial charge in [-0.25, -0.2) is 0 Å². The molecule has 4 heteroatoms. The fourth-order valence-electron chi connectivity index (χ4n) is 5.63. The standard InChI is InChI=1S/C38H71O3P/c1-9-11-13-15-17-19-21-23-25-27-32-39-42(40-33-28-26-24-22-20-18-16-14-12-10-2)41-35-31-29-30-34(37(3,4)5)36(35)38(6,7)8/h29-31H,9-28,32-33H2,1-8H3. The van der Waals surface area contributed by atoms with Crippen LogP contribution in [0.25, 0.3) is 0 Å². The van der Waals surface area contributed by atoms with Gasteiger partial charge in [-0.3, -0.25) is 0 Å². The van der Waals surface area contributed by atoms with Crippen LogP contribution < -0.4 is 4.52 Å². The Morgan fingerprint density at radius 1 is 0.500 bits per heavy atom. The quantitative estimate of drug-likeness (QED) is 0.0775. The largest absolute Gasteiger partial charge is 0.426 e. The van der Waals surface area contributed by atoms with Crippen LogP contribution in [-0.4, -0.2) is 13.2 Å². The lowest BCUT2D eigenvalue weighted by atomic mass is 9.75. The topological polar surface area (TPSA) is 27.7 Å². The molecule has 0 radical (unpaired) electrons. The summed E-state index contributed by atoms with van der Waals surface area (Å²) in [5.74, 6) is 0.923. The number of benzene rings is 1. The average Bonchev–Trinajstić information content (AvgIpc) is 2.93. The van der Waals surface area contributed by atoms with Crippen molar-refractivity contribution in [2.45, 2.75) is 195 Å². The predicted molar refractivity (Wildman–Crippen MR) is 187 cm³/mol. The van der Waals surface area contributed by atoms with Gasteiger partial charge in [0.2, 0.25) is 0 Å². The Morgan fingerprint density at radius 2 is 0.881 bits per heavy atom. The maximum Gasteiger partial charge on any atom is 0.397 e. The zero-order valence-electron chi connectivity index (χ0n) is 29.5. The molecule has 0 aliphatic heterocycles. The monoisotopic (exact) mass is 607 g/mol. The van der Waals surface area contributed by atoms with E-state index in [0.717, 1.165) is 18.6 Å². The fraction of sp³-hybridized carbons (Fsp3) is 0.842.